The largest absolute Gasteiger partial charge is 0.462 e. The molecule has 0 saturated heterocycles. The molecule has 0 fully saturated rings. The Hall–Kier alpha value is -1.09. The van der Waals surface area contributed by atoms with Crippen molar-refractivity contribution in [2.75, 3.05) is 6.61 Å². The van der Waals surface area contributed by atoms with Gasteiger partial charge in [0.05, 0.1) is 6.61 Å². The molecule has 1 heterocycles. The van der Waals surface area contributed by atoms with Crippen LogP contribution in [0.15, 0.2) is 30.2 Å². The van der Waals surface area contributed by atoms with Crippen molar-refractivity contribution in [2.24, 2.45) is 0 Å². The number of hydrogen-bond donors (Lipinski definition) is 0. The van der Waals surface area contributed by atoms with Crippen LogP contribution in [-0.2, 0) is 9.53 Å². The van der Waals surface area contributed by atoms with Crippen molar-refractivity contribution in [3.8, 4) is 0 Å². The van der Waals surface area contributed by atoms with E-state index in [1.165, 1.54) is 11.0 Å². The van der Waals surface area contributed by atoms with Crippen LogP contribution in [0.4, 0.5) is 0 Å². The summed E-state index contributed by atoms with van der Waals surface area (Å²) in [6.45, 7) is 5.97. The van der Waals surface area contributed by atoms with Crippen LogP contribution in [0, 0.1) is 0 Å². The van der Waals surface area contributed by atoms with E-state index in [-0.39, 0.29) is 5.97 Å². The van der Waals surface area contributed by atoms with Crippen molar-refractivity contribution in [3.05, 3.63) is 35.0 Å². The Labute approximate surface area is 94.6 Å². The summed E-state index contributed by atoms with van der Waals surface area (Å²) in [6.07, 6.45) is 3.34. The second kappa shape index (κ2) is 6.40. The first-order valence-electron chi connectivity index (χ1n) is 5.10. The third kappa shape index (κ3) is 3.88. The van der Waals surface area contributed by atoms with Crippen LogP contribution in [0.2, 0.25) is 0 Å². The Balaban J connectivity index is 2.51. The molecule has 0 aliphatic carbocycles. The van der Waals surface area contributed by atoms with Crippen molar-refractivity contribution in [1.82, 2.24) is 0 Å². The molecule has 0 N–H and O–H groups in total. The van der Waals surface area contributed by atoms with Gasteiger partial charge in [-0.2, -0.15) is 0 Å². The lowest BCUT2D eigenvalue weighted by atomic mass is 10.0. The summed E-state index contributed by atoms with van der Waals surface area (Å²) in [5, 5.41) is 2.05. The van der Waals surface area contributed by atoms with E-state index in [9.17, 15) is 4.79 Å². The van der Waals surface area contributed by atoms with E-state index in [1.807, 2.05) is 11.4 Å². The van der Waals surface area contributed by atoms with Gasteiger partial charge in [0.25, 0.3) is 0 Å². The zero-order chi connectivity index (χ0) is 11.1. The molecule has 0 aliphatic heterocycles. The summed E-state index contributed by atoms with van der Waals surface area (Å²) < 4.78 is 5.08. The third-order valence-electron chi connectivity index (χ3n) is 2.18. The second-order valence-corrected chi connectivity index (χ2v) is 4.31. The van der Waals surface area contributed by atoms with Crippen LogP contribution >= 0.6 is 11.3 Å². The van der Waals surface area contributed by atoms with Gasteiger partial charge in [0.1, 0.15) is 0 Å². The summed E-state index contributed by atoms with van der Waals surface area (Å²) in [6, 6.07) is 4.12. The Morgan fingerprint density at radius 1 is 1.73 bits per heavy atom. The van der Waals surface area contributed by atoms with Crippen molar-refractivity contribution in [3.63, 3.8) is 0 Å². The van der Waals surface area contributed by atoms with Gasteiger partial charge in [0.15, 0.2) is 0 Å². The Bertz CT molecular complexity index is 303. The van der Waals surface area contributed by atoms with E-state index in [1.54, 1.807) is 11.3 Å². The molecule has 0 bridgehead atoms. The van der Waals surface area contributed by atoms with E-state index >= 15 is 0 Å². The number of esters is 1. The van der Waals surface area contributed by atoms with Gasteiger partial charge in [-0.05, 0) is 17.9 Å². The predicted octanol–water partition coefficient (Wildman–Crippen LogP) is 3.36. The minimum absolute atomic E-state index is 0.332. The highest BCUT2D eigenvalue weighted by Crippen LogP contribution is 2.25. The lowest BCUT2D eigenvalue weighted by Gasteiger charge is -2.13. The molecular formula is C12H16O2S. The SMILES string of the molecule is C=CC(=O)OCC(CCC)c1cccs1. The molecule has 82 valence electrons. The van der Waals surface area contributed by atoms with E-state index in [0.717, 1.165) is 12.8 Å². The number of thiophene rings is 1. The maximum absolute atomic E-state index is 11.0. The van der Waals surface area contributed by atoms with Crippen LogP contribution in [0.1, 0.15) is 30.6 Å². The molecule has 0 aromatic carbocycles. The van der Waals surface area contributed by atoms with Crippen molar-refractivity contribution >= 4 is 17.3 Å². The smallest absolute Gasteiger partial charge is 0.330 e. The highest BCUT2D eigenvalue weighted by atomic mass is 32.1. The fraction of sp³-hybridized carbons (Fsp3) is 0.417. The predicted molar refractivity (Wildman–Crippen MR) is 63.1 cm³/mol. The number of hydrogen-bond acceptors (Lipinski definition) is 3. The summed E-state index contributed by atoms with van der Waals surface area (Å²) in [5.41, 5.74) is 0. The summed E-state index contributed by atoms with van der Waals surface area (Å²) >= 11 is 1.71. The second-order valence-electron chi connectivity index (χ2n) is 3.34. The lowest BCUT2D eigenvalue weighted by Crippen LogP contribution is -2.10. The molecule has 1 aromatic heterocycles. The molecule has 0 radical (unpaired) electrons. The first-order chi connectivity index (χ1) is 7.27. The minimum atomic E-state index is -0.340. The number of rotatable bonds is 6. The average molecular weight is 224 g/mol. The van der Waals surface area contributed by atoms with E-state index in [2.05, 4.69) is 19.6 Å². The highest BCUT2D eigenvalue weighted by molar-refractivity contribution is 7.10. The van der Waals surface area contributed by atoms with Crippen LogP contribution in [0.3, 0.4) is 0 Å². The molecular weight excluding hydrogens is 208 g/mol. The quantitative estimate of drug-likeness (QED) is 0.547. The molecule has 0 spiro atoms. The van der Waals surface area contributed by atoms with Crippen LogP contribution in [0.5, 0.6) is 0 Å². The molecule has 1 atom stereocenters. The van der Waals surface area contributed by atoms with Crippen LogP contribution < -0.4 is 0 Å². The van der Waals surface area contributed by atoms with Gasteiger partial charge in [0.2, 0.25) is 0 Å². The van der Waals surface area contributed by atoms with Gasteiger partial charge in [-0.15, -0.1) is 11.3 Å². The standard InChI is InChI=1S/C12H16O2S/c1-3-6-10(9-14-12(13)4-2)11-7-5-8-15-11/h4-5,7-8,10H,2-3,6,9H2,1H3. The van der Waals surface area contributed by atoms with Gasteiger partial charge in [-0.1, -0.05) is 26.0 Å². The molecule has 1 unspecified atom stereocenters. The molecule has 2 nitrogen and oxygen atoms in total. The van der Waals surface area contributed by atoms with Crippen molar-refractivity contribution < 1.29 is 9.53 Å². The molecule has 3 heteroatoms. The Morgan fingerprint density at radius 2 is 2.53 bits per heavy atom. The van der Waals surface area contributed by atoms with Gasteiger partial charge < -0.3 is 4.74 Å². The fourth-order valence-corrected chi connectivity index (χ4v) is 2.27. The zero-order valence-electron chi connectivity index (χ0n) is 8.94. The average Bonchev–Trinajstić information content (AvgIpc) is 2.76. The molecule has 15 heavy (non-hydrogen) atoms. The lowest BCUT2D eigenvalue weighted by molar-refractivity contribution is -0.138. The van der Waals surface area contributed by atoms with Gasteiger partial charge in [-0.3, -0.25) is 0 Å². The van der Waals surface area contributed by atoms with E-state index in [4.69, 9.17) is 4.74 Å². The van der Waals surface area contributed by atoms with Crippen LogP contribution in [-0.4, -0.2) is 12.6 Å². The first kappa shape index (κ1) is 12.0. The summed E-state index contributed by atoms with van der Waals surface area (Å²) in [4.78, 5) is 12.2. The Kier molecular flexibility index (Phi) is 5.12. The van der Waals surface area contributed by atoms with Crippen molar-refractivity contribution in [2.45, 2.75) is 25.7 Å². The molecule has 0 aliphatic rings. The van der Waals surface area contributed by atoms with Gasteiger partial charge >= 0.3 is 5.97 Å². The molecule has 0 saturated carbocycles. The minimum Gasteiger partial charge on any atom is -0.462 e. The van der Waals surface area contributed by atoms with Gasteiger partial charge in [-0.25, -0.2) is 4.79 Å². The molecule has 1 rings (SSSR count). The fourth-order valence-electron chi connectivity index (χ4n) is 1.42. The molecule has 0 amide bonds. The number of carbonyl (C=O) groups excluding carboxylic acids is 1. The maximum Gasteiger partial charge on any atom is 0.330 e. The van der Waals surface area contributed by atoms with Crippen LogP contribution in [0.25, 0.3) is 0 Å². The zero-order valence-corrected chi connectivity index (χ0v) is 9.76. The summed E-state index contributed by atoms with van der Waals surface area (Å²) in [5.74, 6) is -0.00782. The number of ether oxygens (including phenoxy) is 1. The first-order valence-corrected chi connectivity index (χ1v) is 5.98. The third-order valence-corrected chi connectivity index (χ3v) is 3.21. The summed E-state index contributed by atoms with van der Waals surface area (Å²) in [7, 11) is 0. The highest BCUT2D eigenvalue weighted by Gasteiger charge is 2.13. The monoisotopic (exact) mass is 224 g/mol. The molecule has 1 aromatic rings. The van der Waals surface area contributed by atoms with Crippen molar-refractivity contribution in [1.29, 1.82) is 0 Å². The Morgan fingerprint density at radius 3 is 3.07 bits per heavy atom. The van der Waals surface area contributed by atoms with E-state index in [0.29, 0.717) is 12.5 Å². The van der Waals surface area contributed by atoms with E-state index < -0.39 is 0 Å². The van der Waals surface area contributed by atoms with Gasteiger partial charge in [0, 0.05) is 16.9 Å². The topological polar surface area (TPSA) is 26.3 Å². The normalized spacial score (nSPS) is 12.1. The number of carbonyl (C=O) groups is 1. The maximum atomic E-state index is 11.0.